The standard InChI is InChI=1S/C14H17NO4/c1-14(2)8-15(7-12(16)17)11-5-4-9(6-10(11)14)13(18)19-3/h4-6H,7-8H2,1-3H3,(H,16,17). The van der Waals surface area contributed by atoms with Gasteiger partial charge in [0.25, 0.3) is 0 Å². The zero-order valence-electron chi connectivity index (χ0n) is 11.3. The van der Waals surface area contributed by atoms with Crippen LogP contribution < -0.4 is 4.90 Å². The summed E-state index contributed by atoms with van der Waals surface area (Å²) in [5.41, 5.74) is 2.16. The number of nitrogens with zero attached hydrogens (tertiary/aromatic N) is 1. The van der Waals surface area contributed by atoms with Crippen molar-refractivity contribution in [3.05, 3.63) is 29.3 Å². The van der Waals surface area contributed by atoms with Crippen molar-refractivity contribution >= 4 is 17.6 Å². The fourth-order valence-corrected chi connectivity index (χ4v) is 2.55. The van der Waals surface area contributed by atoms with Crippen molar-refractivity contribution in [2.45, 2.75) is 19.3 Å². The minimum absolute atomic E-state index is 0.0337. The summed E-state index contributed by atoms with van der Waals surface area (Å²) in [6.07, 6.45) is 0. The van der Waals surface area contributed by atoms with Gasteiger partial charge in [-0.2, -0.15) is 0 Å². The molecule has 1 aliphatic heterocycles. The van der Waals surface area contributed by atoms with Gasteiger partial charge in [-0.25, -0.2) is 4.79 Å². The number of methoxy groups -OCH3 is 1. The van der Waals surface area contributed by atoms with Crippen LogP contribution in [-0.4, -0.2) is 37.2 Å². The van der Waals surface area contributed by atoms with Crippen molar-refractivity contribution in [1.82, 2.24) is 0 Å². The van der Waals surface area contributed by atoms with Gasteiger partial charge in [0.2, 0.25) is 0 Å². The number of rotatable bonds is 3. The highest BCUT2D eigenvalue weighted by Gasteiger charge is 2.36. The van der Waals surface area contributed by atoms with Crippen LogP contribution in [0, 0.1) is 0 Å². The Hall–Kier alpha value is -2.04. The van der Waals surface area contributed by atoms with Crippen LogP contribution in [0.2, 0.25) is 0 Å². The van der Waals surface area contributed by atoms with Crippen molar-refractivity contribution in [3.63, 3.8) is 0 Å². The zero-order valence-corrected chi connectivity index (χ0v) is 11.3. The fourth-order valence-electron chi connectivity index (χ4n) is 2.55. The van der Waals surface area contributed by atoms with Crippen molar-refractivity contribution in [1.29, 1.82) is 0 Å². The van der Waals surface area contributed by atoms with Gasteiger partial charge in [-0.1, -0.05) is 13.8 Å². The molecule has 0 spiro atoms. The van der Waals surface area contributed by atoms with Crippen LogP contribution >= 0.6 is 0 Å². The van der Waals surface area contributed by atoms with Gasteiger partial charge in [-0.3, -0.25) is 4.79 Å². The van der Waals surface area contributed by atoms with E-state index >= 15 is 0 Å². The summed E-state index contributed by atoms with van der Waals surface area (Å²) < 4.78 is 4.71. The third kappa shape index (κ3) is 2.41. The molecule has 1 aromatic rings. The first-order valence-corrected chi connectivity index (χ1v) is 6.05. The molecule has 102 valence electrons. The van der Waals surface area contributed by atoms with Gasteiger partial charge in [0.1, 0.15) is 6.54 Å². The van der Waals surface area contributed by atoms with Gasteiger partial charge < -0.3 is 14.7 Å². The molecule has 1 aromatic carbocycles. The number of carbonyl (C=O) groups excluding carboxylic acids is 1. The van der Waals surface area contributed by atoms with Gasteiger partial charge in [0.15, 0.2) is 0 Å². The number of carboxylic acid groups (broad SMARTS) is 1. The molecule has 0 unspecified atom stereocenters. The van der Waals surface area contributed by atoms with Crippen LogP contribution in [0.3, 0.4) is 0 Å². The van der Waals surface area contributed by atoms with Gasteiger partial charge in [0.05, 0.1) is 12.7 Å². The Morgan fingerprint density at radius 3 is 2.68 bits per heavy atom. The lowest BCUT2D eigenvalue weighted by atomic mass is 9.86. The summed E-state index contributed by atoms with van der Waals surface area (Å²) in [6, 6.07) is 5.25. The quantitative estimate of drug-likeness (QED) is 0.840. The molecule has 5 nitrogen and oxygen atoms in total. The van der Waals surface area contributed by atoms with Crippen LogP contribution in [0.25, 0.3) is 0 Å². The van der Waals surface area contributed by atoms with Crippen LogP contribution in [-0.2, 0) is 14.9 Å². The molecule has 0 saturated heterocycles. The highest BCUT2D eigenvalue weighted by molar-refractivity contribution is 5.91. The normalized spacial score (nSPS) is 16.1. The van der Waals surface area contributed by atoms with Crippen molar-refractivity contribution in [2.75, 3.05) is 25.1 Å². The number of anilines is 1. The van der Waals surface area contributed by atoms with E-state index in [1.807, 2.05) is 18.7 Å². The Kier molecular flexibility index (Phi) is 3.22. The summed E-state index contributed by atoms with van der Waals surface area (Å²) in [7, 11) is 1.34. The van der Waals surface area contributed by atoms with E-state index in [4.69, 9.17) is 9.84 Å². The first-order chi connectivity index (χ1) is 8.85. The number of hydrogen-bond donors (Lipinski definition) is 1. The van der Waals surface area contributed by atoms with E-state index in [1.54, 1.807) is 18.2 Å². The topological polar surface area (TPSA) is 66.8 Å². The average molecular weight is 263 g/mol. The maximum Gasteiger partial charge on any atom is 0.337 e. The van der Waals surface area contributed by atoms with E-state index in [2.05, 4.69) is 0 Å². The first-order valence-electron chi connectivity index (χ1n) is 6.05. The van der Waals surface area contributed by atoms with Crippen LogP contribution in [0.1, 0.15) is 29.8 Å². The molecule has 0 amide bonds. The second kappa shape index (κ2) is 4.57. The molecule has 2 rings (SSSR count). The number of fused-ring (bicyclic) bond motifs is 1. The third-order valence-corrected chi connectivity index (χ3v) is 3.40. The highest BCUT2D eigenvalue weighted by Crippen LogP contribution is 2.40. The minimum atomic E-state index is -0.860. The Morgan fingerprint density at radius 2 is 2.11 bits per heavy atom. The number of carbonyl (C=O) groups is 2. The molecular weight excluding hydrogens is 246 g/mol. The van der Waals surface area contributed by atoms with E-state index in [-0.39, 0.29) is 17.9 Å². The summed E-state index contributed by atoms with van der Waals surface area (Å²) in [5, 5.41) is 8.93. The summed E-state index contributed by atoms with van der Waals surface area (Å²) in [4.78, 5) is 24.3. The molecule has 19 heavy (non-hydrogen) atoms. The molecule has 5 heteroatoms. The van der Waals surface area contributed by atoms with Crippen LogP contribution in [0.15, 0.2) is 18.2 Å². The molecule has 0 radical (unpaired) electrons. The number of carboxylic acids is 1. The van der Waals surface area contributed by atoms with E-state index in [1.165, 1.54) is 7.11 Å². The van der Waals surface area contributed by atoms with E-state index < -0.39 is 5.97 Å². The fraction of sp³-hybridized carbons (Fsp3) is 0.429. The third-order valence-electron chi connectivity index (χ3n) is 3.40. The lowest BCUT2D eigenvalue weighted by molar-refractivity contribution is -0.135. The smallest absolute Gasteiger partial charge is 0.337 e. The predicted molar refractivity (Wildman–Crippen MR) is 70.7 cm³/mol. The molecule has 1 N–H and O–H groups in total. The van der Waals surface area contributed by atoms with Gasteiger partial charge in [-0.05, 0) is 23.8 Å². The van der Waals surface area contributed by atoms with Crippen LogP contribution in [0.4, 0.5) is 5.69 Å². The number of hydrogen-bond acceptors (Lipinski definition) is 4. The van der Waals surface area contributed by atoms with Gasteiger partial charge in [0, 0.05) is 17.6 Å². The monoisotopic (exact) mass is 263 g/mol. The van der Waals surface area contributed by atoms with E-state index in [0.717, 1.165) is 11.3 Å². The van der Waals surface area contributed by atoms with E-state index in [9.17, 15) is 9.59 Å². The van der Waals surface area contributed by atoms with Crippen molar-refractivity contribution < 1.29 is 19.4 Å². The number of ether oxygens (including phenoxy) is 1. The summed E-state index contributed by atoms with van der Waals surface area (Å²) >= 11 is 0. The summed E-state index contributed by atoms with van der Waals surface area (Å²) in [5.74, 6) is -1.24. The Balaban J connectivity index is 2.43. The lowest BCUT2D eigenvalue weighted by Gasteiger charge is -2.20. The lowest BCUT2D eigenvalue weighted by Crippen LogP contribution is -2.32. The minimum Gasteiger partial charge on any atom is -0.480 e. The van der Waals surface area contributed by atoms with Crippen molar-refractivity contribution in [3.8, 4) is 0 Å². The van der Waals surface area contributed by atoms with Crippen LogP contribution in [0.5, 0.6) is 0 Å². The highest BCUT2D eigenvalue weighted by atomic mass is 16.5. The summed E-state index contributed by atoms with van der Waals surface area (Å²) in [6.45, 7) is 4.66. The first kappa shape index (κ1) is 13.4. The number of benzene rings is 1. The Morgan fingerprint density at radius 1 is 1.42 bits per heavy atom. The van der Waals surface area contributed by atoms with Gasteiger partial charge >= 0.3 is 11.9 Å². The molecule has 0 bridgehead atoms. The Bertz CT molecular complexity index is 536. The second-order valence-electron chi connectivity index (χ2n) is 5.36. The second-order valence-corrected chi connectivity index (χ2v) is 5.36. The molecule has 1 aliphatic rings. The SMILES string of the molecule is COC(=O)c1ccc2c(c1)C(C)(C)CN2CC(=O)O. The Labute approximate surface area is 111 Å². The molecule has 0 fully saturated rings. The largest absolute Gasteiger partial charge is 0.480 e. The predicted octanol–water partition coefficient (Wildman–Crippen LogP) is 1.66. The zero-order chi connectivity index (χ0) is 14.2. The molecule has 1 heterocycles. The molecular formula is C14H17NO4. The molecule has 0 saturated carbocycles. The van der Waals surface area contributed by atoms with Crippen molar-refractivity contribution in [2.24, 2.45) is 0 Å². The molecule has 0 aliphatic carbocycles. The van der Waals surface area contributed by atoms with E-state index in [0.29, 0.717) is 12.1 Å². The molecule has 0 atom stereocenters. The molecule has 0 aromatic heterocycles. The maximum atomic E-state index is 11.6. The number of esters is 1. The maximum absolute atomic E-state index is 11.6. The van der Waals surface area contributed by atoms with Gasteiger partial charge in [-0.15, -0.1) is 0 Å². The average Bonchev–Trinajstić information content (AvgIpc) is 2.59. The number of aliphatic carboxylic acids is 1.